The summed E-state index contributed by atoms with van der Waals surface area (Å²) in [5.74, 6) is -0.846. The molecule has 1 heterocycles. The lowest BCUT2D eigenvalue weighted by Crippen LogP contribution is -2.14. The number of aromatic hydroxyl groups is 2. The van der Waals surface area contributed by atoms with Gasteiger partial charge in [-0.1, -0.05) is 0 Å². The van der Waals surface area contributed by atoms with E-state index in [4.69, 9.17) is 0 Å². The molecule has 0 spiro atoms. The fourth-order valence-corrected chi connectivity index (χ4v) is 2.37. The molecule has 1 atom stereocenters. The summed E-state index contributed by atoms with van der Waals surface area (Å²) in [6.45, 7) is 1.96. The summed E-state index contributed by atoms with van der Waals surface area (Å²) in [7, 11) is 1.83. The van der Waals surface area contributed by atoms with E-state index in [-0.39, 0.29) is 23.1 Å². The van der Waals surface area contributed by atoms with E-state index >= 15 is 0 Å². The van der Waals surface area contributed by atoms with E-state index in [1.807, 2.05) is 19.4 Å². The second-order valence-electron chi connectivity index (χ2n) is 4.24. The average Bonchev–Trinajstić information content (AvgIpc) is 2.86. The second-order valence-corrected chi connectivity index (χ2v) is 5.10. The van der Waals surface area contributed by atoms with Gasteiger partial charge in [-0.15, -0.1) is 11.3 Å². The topological polar surface area (TPSA) is 94.5 Å². The molecular formula is C13H15N3O3S. The van der Waals surface area contributed by atoms with Gasteiger partial charge in [0.1, 0.15) is 11.5 Å². The minimum absolute atomic E-state index is 0.0845. The molecule has 7 heteroatoms. The van der Waals surface area contributed by atoms with Gasteiger partial charge in [0.2, 0.25) is 0 Å². The van der Waals surface area contributed by atoms with Crippen LogP contribution in [0.3, 0.4) is 0 Å². The number of benzene rings is 1. The zero-order valence-corrected chi connectivity index (χ0v) is 11.9. The monoisotopic (exact) mass is 293 g/mol. The molecule has 0 aliphatic heterocycles. The Hall–Kier alpha value is -2.12. The fraction of sp³-hybridized carbons (Fsp3) is 0.231. The Kier molecular flexibility index (Phi) is 4.21. The molecule has 20 heavy (non-hydrogen) atoms. The van der Waals surface area contributed by atoms with Crippen LogP contribution in [0.15, 0.2) is 23.6 Å². The van der Waals surface area contributed by atoms with Crippen molar-refractivity contribution in [3.05, 3.63) is 34.8 Å². The highest BCUT2D eigenvalue weighted by molar-refractivity contribution is 7.14. The van der Waals surface area contributed by atoms with Crippen LogP contribution in [0, 0.1) is 0 Å². The summed E-state index contributed by atoms with van der Waals surface area (Å²) < 4.78 is 0. The second kappa shape index (κ2) is 5.89. The number of nitrogens with one attached hydrogen (secondary N) is 2. The van der Waals surface area contributed by atoms with Gasteiger partial charge < -0.3 is 15.5 Å². The fourth-order valence-electron chi connectivity index (χ4n) is 1.57. The SMILES string of the molecule is CNC(C)c1csc(NC(=O)c2ccc(O)cc2O)n1. The first kappa shape index (κ1) is 14.3. The van der Waals surface area contributed by atoms with Crippen LogP contribution >= 0.6 is 11.3 Å². The molecule has 0 saturated carbocycles. The van der Waals surface area contributed by atoms with Crippen LogP contribution < -0.4 is 10.6 Å². The summed E-state index contributed by atoms with van der Waals surface area (Å²) in [5, 5.41) is 26.8. The first-order valence-corrected chi connectivity index (χ1v) is 6.85. The maximum Gasteiger partial charge on any atom is 0.261 e. The zero-order chi connectivity index (χ0) is 14.7. The highest BCUT2D eigenvalue weighted by Crippen LogP contribution is 2.25. The van der Waals surface area contributed by atoms with Gasteiger partial charge >= 0.3 is 0 Å². The molecule has 0 saturated heterocycles. The Bertz CT molecular complexity index is 627. The van der Waals surface area contributed by atoms with Gasteiger partial charge in [-0.3, -0.25) is 10.1 Å². The van der Waals surface area contributed by atoms with Gasteiger partial charge in [0.05, 0.1) is 11.3 Å². The number of nitrogens with zero attached hydrogens (tertiary/aromatic N) is 1. The molecule has 2 aromatic rings. The molecule has 4 N–H and O–H groups in total. The van der Waals surface area contributed by atoms with Crippen molar-refractivity contribution in [1.82, 2.24) is 10.3 Å². The number of thiazole rings is 1. The van der Waals surface area contributed by atoms with Gasteiger partial charge in [-0.25, -0.2) is 4.98 Å². The number of carbonyl (C=O) groups excluding carboxylic acids is 1. The average molecular weight is 293 g/mol. The predicted molar refractivity (Wildman–Crippen MR) is 77.3 cm³/mol. The van der Waals surface area contributed by atoms with E-state index in [0.717, 1.165) is 11.8 Å². The number of hydrogen-bond donors (Lipinski definition) is 4. The van der Waals surface area contributed by atoms with Crippen molar-refractivity contribution in [3.63, 3.8) is 0 Å². The van der Waals surface area contributed by atoms with Crippen molar-refractivity contribution in [1.29, 1.82) is 0 Å². The van der Waals surface area contributed by atoms with Crippen LogP contribution in [-0.4, -0.2) is 28.2 Å². The molecule has 0 aliphatic rings. The molecule has 6 nitrogen and oxygen atoms in total. The molecule has 106 valence electrons. The van der Waals surface area contributed by atoms with Crippen LogP contribution in [0.2, 0.25) is 0 Å². The quantitative estimate of drug-likeness (QED) is 0.692. The maximum atomic E-state index is 12.0. The van der Waals surface area contributed by atoms with Gasteiger partial charge in [0.25, 0.3) is 5.91 Å². The highest BCUT2D eigenvalue weighted by atomic mass is 32.1. The Labute approximate surface area is 120 Å². The van der Waals surface area contributed by atoms with E-state index in [2.05, 4.69) is 15.6 Å². The maximum absolute atomic E-state index is 12.0. The molecule has 2 rings (SSSR count). The first-order valence-electron chi connectivity index (χ1n) is 5.97. The summed E-state index contributed by atoms with van der Waals surface area (Å²) >= 11 is 1.31. The van der Waals surface area contributed by atoms with E-state index in [1.54, 1.807) is 0 Å². The third-order valence-electron chi connectivity index (χ3n) is 2.85. The van der Waals surface area contributed by atoms with Crippen LogP contribution in [0.5, 0.6) is 11.5 Å². The molecule has 0 radical (unpaired) electrons. The van der Waals surface area contributed by atoms with Crippen LogP contribution in [0.4, 0.5) is 5.13 Å². The molecule has 0 fully saturated rings. The normalized spacial score (nSPS) is 12.1. The Morgan fingerprint density at radius 1 is 1.40 bits per heavy atom. The Morgan fingerprint density at radius 3 is 2.80 bits per heavy atom. The summed E-state index contributed by atoms with van der Waals surface area (Å²) in [5.41, 5.74) is 0.920. The molecule has 1 aromatic carbocycles. The van der Waals surface area contributed by atoms with Crippen molar-refractivity contribution in [2.24, 2.45) is 0 Å². The number of anilines is 1. The lowest BCUT2D eigenvalue weighted by atomic mass is 10.2. The van der Waals surface area contributed by atoms with Gasteiger partial charge in [-0.05, 0) is 26.1 Å². The molecular weight excluding hydrogens is 278 g/mol. The van der Waals surface area contributed by atoms with Crippen molar-refractivity contribution < 1.29 is 15.0 Å². The van der Waals surface area contributed by atoms with Crippen molar-refractivity contribution >= 4 is 22.4 Å². The predicted octanol–water partition coefficient (Wildman–Crippen LogP) is 2.09. The molecule has 1 amide bonds. The van der Waals surface area contributed by atoms with Crippen LogP contribution in [-0.2, 0) is 0 Å². The molecule has 0 bridgehead atoms. The number of hydrogen-bond acceptors (Lipinski definition) is 6. The Morgan fingerprint density at radius 2 is 2.15 bits per heavy atom. The molecule has 1 unspecified atom stereocenters. The van der Waals surface area contributed by atoms with E-state index in [9.17, 15) is 15.0 Å². The zero-order valence-electron chi connectivity index (χ0n) is 11.0. The third kappa shape index (κ3) is 3.06. The van der Waals surface area contributed by atoms with E-state index < -0.39 is 5.91 Å². The summed E-state index contributed by atoms with van der Waals surface area (Å²) in [6, 6.07) is 3.90. The van der Waals surface area contributed by atoms with E-state index in [1.165, 1.54) is 23.5 Å². The molecule has 1 aromatic heterocycles. The molecule has 0 aliphatic carbocycles. The summed E-state index contributed by atoms with van der Waals surface area (Å²) in [4.78, 5) is 16.3. The van der Waals surface area contributed by atoms with Crippen molar-refractivity contribution in [2.75, 3.05) is 12.4 Å². The largest absolute Gasteiger partial charge is 0.508 e. The number of rotatable bonds is 4. The van der Waals surface area contributed by atoms with E-state index in [0.29, 0.717) is 5.13 Å². The van der Waals surface area contributed by atoms with Crippen molar-refractivity contribution in [2.45, 2.75) is 13.0 Å². The standard InChI is InChI=1S/C13H15N3O3S/c1-7(14-2)10-6-20-13(15-10)16-12(19)9-4-3-8(17)5-11(9)18/h3-7,14,17-18H,1-2H3,(H,15,16,19). The number of phenols is 2. The minimum Gasteiger partial charge on any atom is -0.508 e. The van der Waals surface area contributed by atoms with Gasteiger partial charge in [0.15, 0.2) is 5.13 Å². The lowest BCUT2D eigenvalue weighted by molar-refractivity contribution is 0.102. The van der Waals surface area contributed by atoms with Crippen LogP contribution in [0.1, 0.15) is 29.0 Å². The van der Waals surface area contributed by atoms with Gasteiger partial charge in [0, 0.05) is 17.5 Å². The lowest BCUT2D eigenvalue weighted by Gasteiger charge is -2.06. The van der Waals surface area contributed by atoms with Gasteiger partial charge in [-0.2, -0.15) is 0 Å². The number of phenolic OH excluding ortho intramolecular Hbond substituents is 2. The minimum atomic E-state index is -0.472. The third-order valence-corrected chi connectivity index (χ3v) is 3.62. The summed E-state index contributed by atoms with van der Waals surface area (Å²) in [6.07, 6.45) is 0. The van der Waals surface area contributed by atoms with Crippen molar-refractivity contribution in [3.8, 4) is 11.5 Å². The Balaban J connectivity index is 2.13. The number of amides is 1. The number of carbonyl (C=O) groups is 1. The first-order chi connectivity index (χ1) is 9.51. The smallest absolute Gasteiger partial charge is 0.261 e. The highest BCUT2D eigenvalue weighted by Gasteiger charge is 2.14. The van der Waals surface area contributed by atoms with Crippen LogP contribution in [0.25, 0.3) is 0 Å². The number of aromatic nitrogens is 1.